The van der Waals surface area contributed by atoms with Gasteiger partial charge in [0.05, 0.1) is 18.9 Å². The van der Waals surface area contributed by atoms with Crippen LogP contribution in [0.15, 0.2) is 24.3 Å². The van der Waals surface area contributed by atoms with Crippen LogP contribution in [0.25, 0.3) is 10.6 Å². The summed E-state index contributed by atoms with van der Waals surface area (Å²) in [5.74, 6) is 0. The smallest absolute Gasteiger partial charge is 0.294 e. The predicted octanol–water partition coefficient (Wildman–Crippen LogP) is 2.91. The highest BCUT2D eigenvalue weighted by Crippen LogP contribution is 2.30. The lowest BCUT2D eigenvalue weighted by Gasteiger charge is -2.09. The molecule has 1 fully saturated rings. The van der Waals surface area contributed by atoms with Gasteiger partial charge in [0.15, 0.2) is 6.29 Å². The average Bonchev–Trinajstić information content (AvgIpc) is 3.18. The van der Waals surface area contributed by atoms with Crippen LogP contribution in [0.2, 0.25) is 0 Å². The third-order valence-corrected chi connectivity index (χ3v) is 4.74. The van der Waals surface area contributed by atoms with Crippen molar-refractivity contribution >= 4 is 11.3 Å². The first-order chi connectivity index (χ1) is 11.1. The van der Waals surface area contributed by atoms with Gasteiger partial charge in [-0.05, 0) is 6.92 Å². The lowest BCUT2D eigenvalue weighted by atomic mass is 10.1. The fraction of sp³-hybridized carbons (Fsp3) is 0.400. The molecule has 2 heterocycles. The van der Waals surface area contributed by atoms with Gasteiger partial charge in [-0.1, -0.05) is 24.3 Å². The standard InChI is InChI=1S/C15H16N2O5S/c1-10-13(6-7-22-17(18)19)23-14(16-10)11-2-4-12(5-3-11)15-20-8-9-21-15/h2-5,15H,6-9H2,1H3. The molecule has 7 nitrogen and oxygen atoms in total. The Morgan fingerprint density at radius 3 is 2.70 bits per heavy atom. The lowest BCUT2D eigenvalue weighted by molar-refractivity contribution is -0.757. The number of aromatic nitrogens is 1. The molecule has 0 N–H and O–H groups in total. The van der Waals surface area contributed by atoms with E-state index in [2.05, 4.69) is 9.82 Å². The highest BCUT2D eigenvalue weighted by Gasteiger charge is 2.18. The Balaban J connectivity index is 1.70. The van der Waals surface area contributed by atoms with E-state index in [-0.39, 0.29) is 12.9 Å². The monoisotopic (exact) mass is 336 g/mol. The number of ether oxygens (including phenoxy) is 2. The highest BCUT2D eigenvalue weighted by atomic mass is 32.1. The van der Waals surface area contributed by atoms with E-state index in [0.717, 1.165) is 26.7 Å². The first kappa shape index (κ1) is 15.9. The number of hydrogen-bond donors (Lipinski definition) is 0. The molecule has 0 bridgehead atoms. The molecule has 0 radical (unpaired) electrons. The average molecular weight is 336 g/mol. The van der Waals surface area contributed by atoms with E-state index in [1.807, 2.05) is 31.2 Å². The number of nitrogens with zero attached hydrogens (tertiary/aromatic N) is 2. The Labute approximate surface area is 136 Å². The van der Waals surface area contributed by atoms with Crippen molar-refractivity contribution in [1.29, 1.82) is 0 Å². The SMILES string of the molecule is Cc1nc(-c2ccc(C3OCCO3)cc2)sc1CCO[N+](=O)[O-]. The van der Waals surface area contributed by atoms with Gasteiger partial charge in [-0.15, -0.1) is 21.5 Å². The zero-order chi connectivity index (χ0) is 16.2. The van der Waals surface area contributed by atoms with E-state index in [9.17, 15) is 10.1 Å². The maximum Gasteiger partial charge on any atom is 0.294 e. The quantitative estimate of drug-likeness (QED) is 0.596. The minimum absolute atomic E-state index is 0.0464. The van der Waals surface area contributed by atoms with Gasteiger partial charge in [-0.25, -0.2) is 4.98 Å². The van der Waals surface area contributed by atoms with Gasteiger partial charge in [0.2, 0.25) is 0 Å². The van der Waals surface area contributed by atoms with E-state index in [1.54, 1.807) is 0 Å². The first-order valence-electron chi connectivity index (χ1n) is 7.20. The summed E-state index contributed by atoms with van der Waals surface area (Å²) >= 11 is 1.53. The summed E-state index contributed by atoms with van der Waals surface area (Å²) < 4.78 is 10.9. The van der Waals surface area contributed by atoms with Crippen LogP contribution < -0.4 is 0 Å². The summed E-state index contributed by atoms with van der Waals surface area (Å²) in [5.41, 5.74) is 2.86. The van der Waals surface area contributed by atoms with Crippen LogP contribution in [0.5, 0.6) is 0 Å². The molecule has 1 aliphatic rings. The van der Waals surface area contributed by atoms with Gasteiger partial charge in [0, 0.05) is 22.4 Å². The van der Waals surface area contributed by atoms with E-state index in [0.29, 0.717) is 19.6 Å². The number of thiazole rings is 1. The van der Waals surface area contributed by atoms with Crippen molar-refractivity contribution < 1.29 is 19.4 Å². The van der Waals surface area contributed by atoms with Crippen LogP contribution in [-0.4, -0.2) is 29.9 Å². The summed E-state index contributed by atoms with van der Waals surface area (Å²) in [5, 5.41) is 10.3. The molecule has 23 heavy (non-hydrogen) atoms. The maximum absolute atomic E-state index is 10.2. The predicted molar refractivity (Wildman–Crippen MR) is 83.6 cm³/mol. The van der Waals surface area contributed by atoms with Gasteiger partial charge >= 0.3 is 0 Å². The number of benzene rings is 1. The molecule has 122 valence electrons. The molecule has 1 aliphatic heterocycles. The van der Waals surface area contributed by atoms with Crippen molar-refractivity contribution in [3.05, 3.63) is 50.5 Å². The summed E-state index contributed by atoms with van der Waals surface area (Å²) in [4.78, 5) is 20.1. The topological polar surface area (TPSA) is 83.7 Å². The first-order valence-corrected chi connectivity index (χ1v) is 8.02. The van der Waals surface area contributed by atoms with Gasteiger partial charge in [-0.2, -0.15) is 0 Å². The molecular weight excluding hydrogens is 320 g/mol. The van der Waals surface area contributed by atoms with Crippen LogP contribution in [0.3, 0.4) is 0 Å². The van der Waals surface area contributed by atoms with Gasteiger partial charge in [-0.3, -0.25) is 0 Å². The van der Waals surface area contributed by atoms with Crippen LogP contribution in [0, 0.1) is 17.0 Å². The third kappa shape index (κ3) is 3.84. The molecular formula is C15H16N2O5S. The molecule has 1 aromatic heterocycles. The highest BCUT2D eigenvalue weighted by molar-refractivity contribution is 7.15. The fourth-order valence-corrected chi connectivity index (χ4v) is 3.38. The minimum Gasteiger partial charge on any atom is -0.346 e. The molecule has 1 aromatic carbocycles. The number of rotatable bonds is 6. The number of aryl methyl sites for hydroxylation is 1. The zero-order valence-electron chi connectivity index (χ0n) is 12.6. The third-order valence-electron chi connectivity index (χ3n) is 3.47. The molecule has 2 aromatic rings. The molecule has 8 heteroatoms. The van der Waals surface area contributed by atoms with E-state index >= 15 is 0 Å². The second-order valence-corrected chi connectivity index (χ2v) is 6.11. The van der Waals surface area contributed by atoms with Gasteiger partial charge < -0.3 is 14.3 Å². The van der Waals surface area contributed by atoms with E-state index in [4.69, 9.17) is 9.47 Å². The Hall–Kier alpha value is -2.03. The molecule has 1 saturated heterocycles. The summed E-state index contributed by atoms with van der Waals surface area (Å²) in [6, 6.07) is 7.90. The molecule has 0 aliphatic carbocycles. The van der Waals surface area contributed by atoms with Crippen LogP contribution >= 0.6 is 11.3 Å². The molecule has 0 unspecified atom stereocenters. The van der Waals surface area contributed by atoms with Gasteiger partial charge in [0.1, 0.15) is 11.6 Å². The van der Waals surface area contributed by atoms with E-state index < -0.39 is 5.09 Å². The lowest BCUT2D eigenvalue weighted by Crippen LogP contribution is -2.04. The van der Waals surface area contributed by atoms with Crippen molar-refractivity contribution in [2.24, 2.45) is 0 Å². The summed E-state index contributed by atoms with van der Waals surface area (Å²) in [6.07, 6.45) is 0.198. The Bertz CT molecular complexity index is 680. The molecule has 0 amide bonds. The second kappa shape index (κ2) is 7.03. The van der Waals surface area contributed by atoms with Crippen molar-refractivity contribution in [3.8, 4) is 10.6 Å². The van der Waals surface area contributed by atoms with Crippen molar-refractivity contribution in [2.45, 2.75) is 19.6 Å². The van der Waals surface area contributed by atoms with Crippen molar-refractivity contribution in [2.75, 3.05) is 19.8 Å². The fourth-order valence-electron chi connectivity index (χ4n) is 2.33. The van der Waals surface area contributed by atoms with Crippen LogP contribution in [0.4, 0.5) is 0 Å². The molecule has 0 spiro atoms. The van der Waals surface area contributed by atoms with Crippen molar-refractivity contribution in [1.82, 2.24) is 4.98 Å². The Morgan fingerprint density at radius 1 is 1.35 bits per heavy atom. The normalized spacial score (nSPS) is 15.0. The summed E-state index contributed by atoms with van der Waals surface area (Å²) in [7, 11) is 0. The Morgan fingerprint density at radius 2 is 2.04 bits per heavy atom. The number of hydrogen-bond acceptors (Lipinski definition) is 7. The maximum atomic E-state index is 10.2. The largest absolute Gasteiger partial charge is 0.346 e. The molecule has 3 rings (SSSR count). The summed E-state index contributed by atoms with van der Waals surface area (Å²) in [6.45, 7) is 3.18. The Kier molecular flexibility index (Phi) is 4.85. The van der Waals surface area contributed by atoms with Crippen LogP contribution in [-0.2, 0) is 20.7 Å². The minimum atomic E-state index is -0.775. The molecule has 0 saturated carbocycles. The van der Waals surface area contributed by atoms with Crippen LogP contribution in [0.1, 0.15) is 22.4 Å². The van der Waals surface area contributed by atoms with Gasteiger partial charge in [0.25, 0.3) is 5.09 Å². The molecule has 0 atom stereocenters. The second-order valence-electron chi connectivity index (χ2n) is 5.03. The zero-order valence-corrected chi connectivity index (χ0v) is 13.4. The van der Waals surface area contributed by atoms with Crippen molar-refractivity contribution in [3.63, 3.8) is 0 Å². The van der Waals surface area contributed by atoms with E-state index in [1.165, 1.54) is 11.3 Å².